The van der Waals surface area contributed by atoms with Crippen LogP contribution in [-0.2, 0) is 6.42 Å². The molecule has 0 fully saturated rings. The van der Waals surface area contributed by atoms with Gasteiger partial charge in [-0.1, -0.05) is 13.3 Å². The summed E-state index contributed by atoms with van der Waals surface area (Å²) in [5.41, 5.74) is 0. The van der Waals surface area contributed by atoms with Crippen LogP contribution in [0.15, 0.2) is 16.5 Å². The van der Waals surface area contributed by atoms with Crippen molar-refractivity contribution in [1.29, 1.82) is 0 Å². The number of hydrogen-bond acceptors (Lipinski definition) is 2. The molecule has 0 spiro atoms. The molecule has 0 aliphatic heterocycles. The summed E-state index contributed by atoms with van der Waals surface area (Å²) in [5.74, 6) is 1.17. The van der Waals surface area contributed by atoms with Crippen LogP contribution < -0.4 is 5.32 Å². The highest BCUT2D eigenvalue weighted by molar-refractivity contribution is 5.91. The number of unbranched alkanes of at least 4 members (excludes halogenated alkanes) is 1. The van der Waals surface area contributed by atoms with Crippen molar-refractivity contribution in [2.75, 3.05) is 0 Å². The van der Waals surface area contributed by atoms with Gasteiger partial charge in [0.05, 0.1) is 0 Å². The number of aryl methyl sites for hydroxylation is 1. The predicted molar refractivity (Wildman–Crippen MR) is 59.9 cm³/mol. The Morgan fingerprint density at radius 1 is 1.47 bits per heavy atom. The molecule has 0 aromatic carbocycles. The van der Waals surface area contributed by atoms with E-state index >= 15 is 0 Å². The van der Waals surface area contributed by atoms with Crippen LogP contribution in [0.25, 0.3) is 0 Å². The minimum atomic E-state index is -0.132. The minimum absolute atomic E-state index is 0.132. The molecule has 0 radical (unpaired) electrons. The fourth-order valence-electron chi connectivity index (χ4n) is 1.32. The SMILES string of the molecule is CCCCc1ccc(C(=O)NC(C)C)o1. The maximum atomic E-state index is 11.5. The quantitative estimate of drug-likeness (QED) is 0.810. The molecule has 1 N–H and O–H groups in total. The summed E-state index contributed by atoms with van der Waals surface area (Å²) >= 11 is 0. The van der Waals surface area contributed by atoms with Crippen molar-refractivity contribution in [3.8, 4) is 0 Å². The van der Waals surface area contributed by atoms with Crippen molar-refractivity contribution >= 4 is 5.91 Å². The van der Waals surface area contributed by atoms with Crippen molar-refractivity contribution < 1.29 is 9.21 Å². The smallest absolute Gasteiger partial charge is 0.287 e. The highest BCUT2D eigenvalue weighted by Gasteiger charge is 2.11. The highest BCUT2D eigenvalue weighted by atomic mass is 16.3. The lowest BCUT2D eigenvalue weighted by Crippen LogP contribution is -2.29. The summed E-state index contributed by atoms with van der Waals surface area (Å²) in [7, 11) is 0. The van der Waals surface area contributed by atoms with Crippen LogP contribution in [0.3, 0.4) is 0 Å². The van der Waals surface area contributed by atoms with Gasteiger partial charge in [0, 0.05) is 12.5 Å². The molecule has 1 amide bonds. The Balaban J connectivity index is 2.55. The zero-order valence-electron chi connectivity index (χ0n) is 9.67. The van der Waals surface area contributed by atoms with Crippen LogP contribution in [0.5, 0.6) is 0 Å². The zero-order valence-corrected chi connectivity index (χ0v) is 9.67. The standard InChI is InChI=1S/C12H19NO2/c1-4-5-6-10-7-8-11(15-10)12(14)13-9(2)3/h7-9H,4-6H2,1-3H3,(H,13,14). The van der Waals surface area contributed by atoms with E-state index in [1.807, 2.05) is 19.9 Å². The maximum absolute atomic E-state index is 11.5. The Bertz CT molecular complexity index is 315. The van der Waals surface area contributed by atoms with Gasteiger partial charge in [-0.15, -0.1) is 0 Å². The third kappa shape index (κ3) is 3.78. The van der Waals surface area contributed by atoms with E-state index in [-0.39, 0.29) is 11.9 Å². The molecule has 3 heteroatoms. The molecule has 15 heavy (non-hydrogen) atoms. The van der Waals surface area contributed by atoms with Crippen molar-refractivity contribution in [2.24, 2.45) is 0 Å². The normalized spacial score (nSPS) is 10.7. The Kier molecular flexibility index (Phi) is 4.40. The summed E-state index contributed by atoms with van der Waals surface area (Å²) in [6, 6.07) is 3.76. The molecule has 1 aromatic rings. The first-order chi connectivity index (χ1) is 7.13. The predicted octanol–water partition coefficient (Wildman–Crippen LogP) is 2.76. The van der Waals surface area contributed by atoms with Gasteiger partial charge in [-0.25, -0.2) is 0 Å². The van der Waals surface area contributed by atoms with Gasteiger partial charge in [0.15, 0.2) is 5.76 Å². The van der Waals surface area contributed by atoms with Crippen LogP contribution in [0.1, 0.15) is 49.9 Å². The molecule has 0 aliphatic rings. The van der Waals surface area contributed by atoms with Crippen LogP contribution in [0, 0.1) is 0 Å². The summed E-state index contributed by atoms with van der Waals surface area (Å²) in [5, 5.41) is 2.80. The summed E-state index contributed by atoms with van der Waals surface area (Å²) < 4.78 is 5.44. The van der Waals surface area contributed by atoms with E-state index in [0.717, 1.165) is 25.0 Å². The number of furan rings is 1. The van der Waals surface area contributed by atoms with Crippen molar-refractivity contribution in [2.45, 2.75) is 46.1 Å². The van der Waals surface area contributed by atoms with Gasteiger partial charge >= 0.3 is 0 Å². The van der Waals surface area contributed by atoms with Crippen molar-refractivity contribution in [3.05, 3.63) is 23.7 Å². The zero-order chi connectivity index (χ0) is 11.3. The minimum Gasteiger partial charge on any atom is -0.456 e. The Labute approximate surface area is 90.9 Å². The average molecular weight is 209 g/mol. The van der Waals surface area contributed by atoms with E-state index in [4.69, 9.17) is 4.42 Å². The third-order valence-electron chi connectivity index (χ3n) is 2.08. The number of nitrogens with one attached hydrogen (secondary N) is 1. The van der Waals surface area contributed by atoms with E-state index in [9.17, 15) is 4.79 Å². The summed E-state index contributed by atoms with van der Waals surface area (Å²) in [6.07, 6.45) is 3.14. The van der Waals surface area contributed by atoms with Gasteiger partial charge in [0.2, 0.25) is 0 Å². The Morgan fingerprint density at radius 3 is 2.80 bits per heavy atom. The monoisotopic (exact) mass is 209 g/mol. The van der Waals surface area contributed by atoms with Crippen LogP contribution in [0.4, 0.5) is 0 Å². The molecule has 0 saturated carbocycles. The second kappa shape index (κ2) is 5.59. The van der Waals surface area contributed by atoms with E-state index in [1.54, 1.807) is 6.07 Å². The first-order valence-electron chi connectivity index (χ1n) is 5.53. The highest BCUT2D eigenvalue weighted by Crippen LogP contribution is 2.10. The van der Waals surface area contributed by atoms with Gasteiger partial charge in [0.1, 0.15) is 5.76 Å². The average Bonchev–Trinajstić information content (AvgIpc) is 2.62. The molecule has 1 heterocycles. The van der Waals surface area contributed by atoms with Crippen LogP contribution in [-0.4, -0.2) is 11.9 Å². The van der Waals surface area contributed by atoms with Gasteiger partial charge in [0.25, 0.3) is 5.91 Å². The molecule has 0 saturated heterocycles. The lowest BCUT2D eigenvalue weighted by atomic mass is 10.2. The first-order valence-corrected chi connectivity index (χ1v) is 5.53. The molecule has 1 rings (SSSR count). The van der Waals surface area contributed by atoms with Crippen molar-refractivity contribution in [3.63, 3.8) is 0 Å². The second-order valence-electron chi connectivity index (χ2n) is 4.00. The molecular formula is C12H19NO2. The van der Waals surface area contributed by atoms with Crippen LogP contribution in [0.2, 0.25) is 0 Å². The molecule has 0 unspecified atom stereocenters. The lowest BCUT2D eigenvalue weighted by molar-refractivity contribution is 0.0913. The van der Waals surface area contributed by atoms with Crippen molar-refractivity contribution in [1.82, 2.24) is 5.32 Å². The number of rotatable bonds is 5. The van der Waals surface area contributed by atoms with Crippen LogP contribution >= 0.6 is 0 Å². The second-order valence-corrected chi connectivity index (χ2v) is 4.00. The topological polar surface area (TPSA) is 42.2 Å². The molecule has 1 aromatic heterocycles. The fraction of sp³-hybridized carbons (Fsp3) is 0.583. The molecule has 84 valence electrons. The van der Waals surface area contributed by atoms with E-state index in [0.29, 0.717) is 5.76 Å². The molecule has 3 nitrogen and oxygen atoms in total. The molecular weight excluding hydrogens is 190 g/mol. The number of carbonyl (C=O) groups is 1. The van der Waals surface area contributed by atoms with Gasteiger partial charge in [-0.3, -0.25) is 4.79 Å². The van der Waals surface area contributed by atoms with E-state index < -0.39 is 0 Å². The number of hydrogen-bond donors (Lipinski definition) is 1. The summed E-state index contributed by atoms with van der Waals surface area (Å²) in [4.78, 5) is 11.5. The maximum Gasteiger partial charge on any atom is 0.287 e. The number of amides is 1. The third-order valence-corrected chi connectivity index (χ3v) is 2.08. The Morgan fingerprint density at radius 2 is 2.20 bits per heavy atom. The number of carbonyl (C=O) groups excluding carboxylic acids is 1. The molecule has 0 aliphatic carbocycles. The fourth-order valence-corrected chi connectivity index (χ4v) is 1.32. The van der Waals surface area contributed by atoms with Gasteiger partial charge < -0.3 is 9.73 Å². The summed E-state index contributed by atoms with van der Waals surface area (Å²) in [6.45, 7) is 5.99. The largest absolute Gasteiger partial charge is 0.456 e. The van der Waals surface area contributed by atoms with E-state index in [2.05, 4.69) is 12.2 Å². The van der Waals surface area contributed by atoms with Gasteiger partial charge in [-0.05, 0) is 32.4 Å². The molecule has 0 bridgehead atoms. The molecule has 0 atom stereocenters. The Hall–Kier alpha value is -1.25. The first kappa shape index (κ1) is 11.8. The van der Waals surface area contributed by atoms with E-state index in [1.165, 1.54) is 0 Å². The lowest BCUT2D eigenvalue weighted by Gasteiger charge is -2.05. The van der Waals surface area contributed by atoms with Gasteiger partial charge in [-0.2, -0.15) is 0 Å².